The minimum Gasteiger partial charge on any atom is -0.346 e. The Labute approximate surface area is 307 Å². The summed E-state index contributed by atoms with van der Waals surface area (Å²) in [6.07, 6.45) is 17.8. The normalized spacial score (nSPS) is 19.1. The van der Waals surface area contributed by atoms with Gasteiger partial charge in [-0.3, -0.25) is 0 Å². The second-order valence-electron chi connectivity index (χ2n) is 14.4. The summed E-state index contributed by atoms with van der Waals surface area (Å²) in [6, 6.07) is 28.2. The van der Waals surface area contributed by atoms with Gasteiger partial charge in [-0.15, -0.1) is 0 Å². The standard InChI is InChI=1S/C46H42N6/c1-4-5-23-50-31(3)51(44-16-9-8-15-43(44)50)36-19-20-37(30(2)24-36)33-11-10-12-34(26-33)46-40(29-49)35(28-48)18-22-45(46)52-41-14-7-6-13-38(41)39-25-32(27-47)17-21-42(39)52/h4-5,8-12,15-16,18-20,22,25-26,30-31H,6-7,13-14,17,21,23-24H2,1-3H3/b5-4-. The summed E-state index contributed by atoms with van der Waals surface area (Å²) in [5.41, 5.74) is 15.5. The van der Waals surface area contributed by atoms with Crippen molar-refractivity contribution in [1.82, 2.24) is 4.57 Å². The average molecular weight is 679 g/mol. The van der Waals surface area contributed by atoms with Crippen molar-refractivity contribution in [2.45, 2.75) is 71.9 Å². The fourth-order valence-corrected chi connectivity index (χ4v) is 9.03. The van der Waals surface area contributed by atoms with Crippen LogP contribution >= 0.6 is 0 Å². The molecule has 2 atom stereocenters. The number of nitrogens with zero attached hydrogens (tertiary/aromatic N) is 6. The van der Waals surface area contributed by atoms with Crippen molar-refractivity contribution in [3.05, 3.63) is 135 Å². The quantitative estimate of drug-likeness (QED) is 0.190. The van der Waals surface area contributed by atoms with Crippen molar-refractivity contribution in [2.24, 2.45) is 5.92 Å². The van der Waals surface area contributed by atoms with E-state index in [9.17, 15) is 15.8 Å². The zero-order valence-corrected chi connectivity index (χ0v) is 30.2. The fraction of sp³-hybridized carbons (Fsp3) is 0.283. The number of para-hydroxylation sites is 2. The van der Waals surface area contributed by atoms with E-state index in [1.165, 1.54) is 45.2 Å². The SMILES string of the molecule is C/C=C\CN1c2ccccc2N(C2=CC=C(c3cccc(-c4c(-n5c6c(c7c5CCCC7)C=C(C#N)CC6)ccc(C#N)c4C#N)c3)C(C)C2)C1C. The van der Waals surface area contributed by atoms with E-state index < -0.39 is 0 Å². The van der Waals surface area contributed by atoms with Crippen molar-refractivity contribution in [3.8, 4) is 35.0 Å². The van der Waals surface area contributed by atoms with Crippen LogP contribution in [0, 0.1) is 39.9 Å². The van der Waals surface area contributed by atoms with Crippen molar-refractivity contribution in [3.63, 3.8) is 0 Å². The highest BCUT2D eigenvalue weighted by Gasteiger charge is 2.35. The maximum absolute atomic E-state index is 10.6. The van der Waals surface area contributed by atoms with Gasteiger partial charge in [-0.1, -0.05) is 55.5 Å². The lowest BCUT2D eigenvalue weighted by atomic mass is 9.84. The van der Waals surface area contributed by atoms with Gasteiger partial charge >= 0.3 is 0 Å². The van der Waals surface area contributed by atoms with E-state index in [1.54, 1.807) is 6.07 Å². The van der Waals surface area contributed by atoms with E-state index in [0.717, 1.165) is 73.0 Å². The number of allylic oxidation sites excluding steroid dienone is 6. The first-order chi connectivity index (χ1) is 25.5. The molecule has 4 aromatic rings. The Balaban J connectivity index is 1.23. The Kier molecular flexibility index (Phi) is 8.66. The number of fused-ring (bicyclic) bond motifs is 4. The maximum atomic E-state index is 10.6. The van der Waals surface area contributed by atoms with Crippen LogP contribution in [-0.4, -0.2) is 17.3 Å². The number of rotatable bonds is 6. The zero-order valence-electron chi connectivity index (χ0n) is 30.2. The number of benzene rings is 3. The molecule has 2 heterocycles. The molecule has 0 fully saturated rings. The third-order valence-corrected chi connectivity index (χ3v) is 11.5. The molecule has 6 nitrogen and oxygen atoms in total. The van der Waals surface area contributed by atoms with Gasteiger partial charge in [-0.2, -0.15) is 15.8 Å². The third kappa shape index (κ3) is 5.37. The second kappa shape index (κ2) is 13.6. The predicted molar refractivity (Wildman–Crippen MR) is 210 cm³/mol. The van der Waals surface area contributed by atoms with Gasteiger partial charge in [-0.05, 0) is 129 Å². The van der Waals surface area contributed by atoms with Gasteiger partial charge in [-0.25, -0.2) is 0 Å². The Morgan fingerprint density at radius 2 is 1.60 bits per heavy atom. The summed E-state index contributed by atoms with van der Waals surface area (Å²) in [5.74, 6) is 0.268. The summed E-state index contributed by atoms with van der Waals surface area (Å²) in [7, 11) is 0. The Morgan fingerprint density at radius 1 is 0.788 bits per heavy atom. The van der Waals surface area contributed by atoms with E-state index in [-0.39, 0.29) is 12.1 Å². The summed E-state index contributed by atoms with van der Waals surface area (Å²) in [6.45, 7) is 7.53. The van der Waals surface area contributed by atoms with Gasteiger partial charge < -0.3 is 14.4 Å². The van der Waals surface area contributed by atoms with Gasteiger partial charge in [0.25, 0.3) is 0 Å². The monoisotopic (exact) mass is 678 g/mol. The Morgan fingerprint density at radius 3 is 2.37 bits per heavy atom. The van der Waals surface area contributed by atoms with Crippen LogP contribution in [0.2, 0.25) is 0 Å². The molecule has 1 aromatic heterocycles. The lowest BCUT2D eigenvalue weighted by Crippen LogP contribution is -2.41. The van der Waals surface area contributed by atoms with Crippen molar-refractivity contribution >= 4 is 23.0 Å². The van der Waals surface area contributed by atoms with E-state index in [0.29, 0.717) is 17.5 Å². The first-order valence-electron chi connectivity index (χ1n) is 18.6. The highest BCUT2D eigenvalue weighted by Crippen LogP contribution is 2.46. The molecule has 2 unspecified atom stereocenters. The molecule has 0 radical (unpaired) electrons. The Bertz CT molecular complexity index is 2360. The van der Waals surface area contributed by atoms with Crippen LogP contribution in [-0.2, 0) is 19.3 Å². The fourth-order valence-electron chi connectivity index (χ4n) is 9.03. The van der Waals surface area contributed by atoms with Gasteiger partial charge in [0.2, 0.25) is 0 Å². The average Bonchev–Trinajstić information content (AvgIpc) is 3.66. The molecule has 4 aliphatic rings. The lowest BCUT2D eigenvalue weighted by Gasteiger charge is -2.34. The van der Waals surface area contributed by atoms with Crippen molar-refractivity contribution in [2.75, 3.05) is 16.3 Å². The lowest BCUT2D eigenvalue weighted by molar-refractivity contribution is 0.634. The van der Waals surface area contributed by atoms with Crippen LogP contribution in [0.4, 0.5) is 11.4 Å². The van der Waals surface area contributed by atoms with Crippen molar-refractivity contribution < 1.29 is 0 Å². The third-order valence-electron chi connectivity index (χ3n) is 11.5. The van der Waals surface area contributed by atoms with E-state index in [4.69, 9.17) is 0 Å². The molecular weight excluding hydrogens is 637 g/mol. The number of nitriles is 3. The molecule has 256 valence electrons. The molecule has 0 saturated heterocycles. The molecule has 0 amide bonds. The first-order valence-corrected chi connectivity index (χ1v) is 18.6. The van der Waals surface area contributed by atoms with Crippen LogP contribution in [0.1, 0.15) is 85.7 Å². The molecule has 8 rings (SSSR count). The number of anilines is 2. The molecule has 0 bridgehead atoms. The predicted octanol–water partition coefficient (Wildman–Crippen LogP) is 10.2. The molecular formula is C46H42N6. The van der Waals surface area contributed by atoms with Crippen molar-refractivity contribution in [1.29, 1.82) is 15.8 Å². The number of hydrogen-bond acceptors (Lipinski definition) is 5. The van der Waals surface area contributed by atoms with Crippen LogP contribution < -0.4 is 9.80 Å². The Hall–Kier alpha value is -6.03. The van der Waals surface area contributed by atoms with Gasteiger partial charge in [0, 0.05) is 40.3 Å². The van der Waals surface area contributed by atoms with Gasteiger partial charge in [0.15, 0.2) is 0 Å². The summed E-state index contributed by atoms with van der Waals surface area (Å²) in [4.78, 5) is 4.95. The van der Waals surface area contributed by atoms with Crippen LogP contribution in [0.5, 0.6) is 0 Å². The summed E-state index contributed by atoms with van der Waals surface area (Å²) in [5, 5.41) is 30.5. The zero-order chi connectivity index (χ0) is 35.9. The molecule has 0 N–H and O–H groups in total. The minimum absolute atomic E-state index is 0.202. The number of hydrogen-bond donors (Lipinski definition) is 0. The molecule has 3 aromatic carbocycles. The highest BCUT2D eigenvalue weighted by molar-refractivity contribution is 5.86. The van der Waals surface area contributed by atoms with Gasteiger partial charge in [0.1, 0.15) is 18.3 Å². The largest absolute Gasteiger partial charge is 0.346 e. The van der Waals surface area contributed by atoms with Gasteiger partial charge in [0.05, 0.1) is 34.3 Å². The van der Waals surface area contributed by atoms with Crippen LogP contribution in [0.25, 0.3) is 28.5 Å². The summed E-state index contributed by atoms with van der Waals surface area (Å²) < 4.78 is 2.38. The van der Waals surface area contributed by atoms with E-state index >= 15 is 0 Å². The topological polar surface area (TPSA) is 82.8 Å². The highest BCUT2D eigenvalue weighted by atomic mass is 15.4. The molecule has 3 aliphatic carbocycles. The minimum atomic E-state index is 0.202. The van der Waals surface area contributed by atoms with E-state index in [2.05, 4.69) is 132 Å². The molecule has 0 saturated carbocycles. The number of aromatic nitrogens is 1. The summed E-state index contributed by atoms with van der Waals surface area (Å²) >= 11 is 0. The molecule has 1 aliphatic heterocycles. The van der Waals surface area contributed by atoms with Crippen LogP contribution in [0.3, 0.4) is 0 Å². The molecule has 52 heavy (non-hydrogen) atoms. The van der Waals surface area contributed by atoms with Crippen LogP contribution in [0.15, 0.2) is 96.2 Å². The molecule has 6 heteroatoms. The smallest absolute Gasteiger partial charge is 0.104 e. The first kappa shape index (κ1) is 33.1. The second-order valence-corrected chi connectivity index (χ2v) is 14.4. The maximum Gasteiger partial charge on any atom is 0.104 e. The van der Waals surface area contributed by atoms with E-state index in [1.807, 2.05) is 6.07 Å². The molecule has 0 spiro atoms.